The Bertz CT molecular complexity index is 1390. The summed E-state index contributed by atoms with van der Waals surface area (Å²) in [6.07, 6.45) is 0.180. The molecule has 0 bridgehead atoms. The lowest BCUT2D eigenvalue weighted by molar-refractivity contribution is 0.0272. The fourth-order valence-corrected chi connectivity index (χ4v) is 4.66. The molecular formula is C26H23NO12. The first-order chi connectivity index (χ1) is 18.3. The molecule has 9 N–H and O–H groups in total. The lowest BCUT2D eigenvalue weighted by atomic mass is 9.74. The summed E-state index contributed by atoms with van der Waals surface area (Å²) in [5.41, 5.74) is -3.83. The van der Waals surface area contributed by atoms with E-state index in [1.54, 1.807) is 0 Å². The van der Waals surface area contributed by atoms with Gasteiger partial charge in [0.1, 0.15) is 0 Å². The van der Waals surface area contributed by atoms with Crippen LogP contribution in [-0.2, 0) is 0 Å². The van der Waals surface area contributed by atoms with Gasteiger partial charge in [0.15, 0.2) is 68.9 Å². The van der Waals surface area contributed by atoms with E-state index in [4.69, 9.17) is 0 Å². The van der Waals surface area contributed by atoms with Crippen LogP contribution in [0.5, 0.6) is 51.7 Å². The standard InChI is InChI=1S/C26H23NO12/c28-14-5-11(6-15(29)20(14)34)23(37)26(24(38)12-7-16(30)21(35)17(31)8-12)3-1-2-4-27(26)25(39)13-9-18(32)22(36)19(33)10-13/h5-10,28-36H,1-4H2. The molecule has 204 valence electrons. The van der Waals surface area contributed by atoms with E-state index >= 15 is 0 Å². The number of rotatable bonds is 5. The lowest BCUT2D eigenvalue weighted by Crippen LogP contribution is -2.64. The molecule has 4 rings (SSSR count). The van der Waals surface area contributed by atoms with Crippen LogP contribution in [0.15, 0.2) is 36.4 Å². The first kappa shape index (κ1) is 26.7. The highest BCUT2D eigenvalue weighted by atomic mass is 16.3. The number of aromatic hydroxyl groups is 9. The van der Waals surface area contributed by atoms with Crippen molar-refractivity contribution in [1.82, 2.24) is 4.90 Å². The zero-order valence-electron chi connectivity index (χ0n) is 20.0. The Morgan fingerprint density at radius 1 is 0.538 bits per heavy atom. The van der Waals surface area contributed by atoms with Gasteiger partial charge in [0, 0.05) is 23.2 Å². The van der Waals surface area contributed by atoms with Crippen molar-refractivity contribution >= 4 is 17.5 Å². The monoisotopic (exact) mass is 541 g/mol. The number of likely N-dealkylation sites (tertiary alicyclic amines) is 1. The van der Waals surface area contributed by atoms with Gasteiger partial charge < -0.3 is 50.9 Å². The third kappa shape index (κ3) is 4.29. The average molecular weight is 541 g/mol. The molecular weight excluding hydrogens is 518 g/mol. The summed E-state index contributed by atoms with van der Waals surface area (Å²) < 4.78 is 0. The number of phenolic OH excluding ortho intramolecular Hbond substituents is 9. The van der Waals surface area contributed by atoms with E-state index < -0.39 is 91.4 Å². The van der Waals surface area contributed by atoms with Crippen LogP contribution in [-0.4, -0.2) is 80.4 Å². The second-order valence-electron chi connectivity index (χ2n) is 9.02. The third-order valence-corrected chi connectivity index (χ3v) is 6.61. The van der Waals surface area contributed by atoms with Crippen LogP contribution < -0.4 is 0 Å². The number of piperidine rings is 1. The van der Waals surface area contributed by atoms with Crippen molar-refractivity contribution in [2.45, 2.75) is 24.8 Å². The first-order valence-corrected chi connectivity index (χ1v) is 11.5. The third-order valence-electron chi connectivity index (χ3n) is 6.61. The number of hydrogen-bond donors (Lipinski definition) is 9. The minimum atomic E-state index is -2.44. The molecule has 0 atom stereocenters. The van der Waals surface area contributed by atoms with Gasteiger partial charge in [0.05, 0.1) is 0 Å². The Labute approximate surface area is 219 Å². The van der Waals surface area contributed by atoms with E-state index in [0.717, 1.165) is 41.3 Å². The van der Waals surface area contributed by atoms with Gasteiger partial charge >= 0.3 is 0 Å². The van der Waals surface area contributed by atoms with Gasteiger partial charge in [0.25, 0.3) is 5.91 Å². The van der Waals surface area contributed by atoms with Gasteiger partial charge in [-0.3, -0.25) is 14.4 Å². The highest BCUT2D eigenvalue weighted by Gasteiger charge is 2.54. The Morgan fingerprint density at radius 2 is 0.872 bits per heavy atom. The molecule has 3 aromatic carbocycles. The summed E-state index contributed by atoms with van der Waals surface area (Å²) in [7, 11) is 0. The number of nitrogens with zero attached hydrogens (tertiary/aromatic N) is 1. The van der Waals surface area contributed by atoms with Gasteiger partial charge in [-0.05, 0) is 55.7 Å². The van der Waals surface area contributed by atoms with Crippen molar-refractivity contribution in [1.29, 1.82) is 0 Å². The maximum atomic E-state index is 14.1. The van der Waals surface area contributed by atoms with Crippen molar-refractivity contribution in [2.24, 2.45) is 0 Å². The number of hydrogen-bond acceptors (Lipinski definition) is 12. The zero-order chi connectivity index (χ0) is 28.8. The molecule has 1 aliphatic heterocycles. The summed E-state index contributed by atoms with van der Waals surface area (Å²) in [6, 6.07) is 4.70. The second kappa shape index (κ2) is 9.52. The molecule has 1 aliphatic rings. The maximum Gasteiger partial charge on any atom is 0.255 e. The van der Waals surface area contributed by atoms with Crippen molar-refractivity contribution < 1.29 is 60.3 Å². The van der Waals surface area contributed by atoms with Crippen molar-refractivity contribution in [3.05, 3.63) is 53.1 Å². The van der Waals surface area contributed by atoms with Crippen LogP contribution in [0.4, 0.5) is 0 Å². The molecule has 39 heavy (non-hydrogen) atoms. The van der Waals surface area contributed by atoms with E-state index in [0.29, 0.717) is 6.42 Å². The van der Waals surface area contributed by atoms with Gasteiger partial charge in [-0.1, -0.05) is 0 Å². The minimum absolute atomic E-state index is 0.208. The number of phenols is 9. The molecule has 0 unspecified atom stereocenters. The number of benzene rings is 3. The predicted octanol–water partition coefficient (Wildman–Crippen LogP) is 2.17. The fourth-order valence-electron chi connectivity index (χ4n) is 4.66. The van der Waals surface area contributed by atoms with Crippen LogP contribution in [0.3, 0.4) is 0 Å². The molecule has 0 aliphatic carbocycles. The molecule has 13 nitrogen and oxygen atoms in total. The summed E-state index contributed by atoms with van der Waals surface area (Å²) in [5.74, 6) is -11.4. The Kier molecular flexibility index (Phi) is 6.52. The summed E-state index contributed by atoms with van der Waals surface area (Å²) in [6.45, 7) is -0.217. The molecule has 0 radical (unpaired) electrons. The van der Waals surface area contributed by atoms with E-state index in [1.165, 1.54) is 0 Å². The Balaban J connectivity index is 1.97. The quantitative estimate of drug-likeness (QED) is 0.128. The SMILES string of the molecule is O=C(c1cc(O)c(O)c(O)c1)N1CCCCC1(C(=O)c1cc(O)c(O)c(O)c1)C(=O)c1cc(O)c(O)c(O)c1. The molecule has 0 aromatic heterocycles. The van der Waals surface area contributed by atoms with E-state index in [2.05, 4.69) is 0 Å². The molecule has 0 saturated carbocycles. The van der Waals surface area contributed by atoms with Crippen LogP contribution in [0.2, 0.25) is 0 Å². The molecule has 0 spiro atoms. The largest absolute Gasteiger partial charge is 0.504 e. The molecule has 13 heteroatoms. The number of Topliss-reactive ketones (excluding diaryl/α,β-unsaturated/α-hetero) is 2. The smallest absolute Gasteiger partial charge is 0.255 e. The number of amides is 1. The predicted molar refractivity (Wildman–Crippen MR) is 131 cm³/mol. The molecule has 1 fully saturated rings. The van der Waals surface area contributed by atoms with Crippen LogP contribution in [0.1, 0.15) is 50.3 Å². The average Bonchev–Trinajstić information content (AvgIpc) is 2.91. The molecule has 1 heterocycles. The van der Waals surface area contributed by atoms with Crippen LogP contribution in [0.25, 0.3) is 0 Å². The van der Waals surface area contributed by atoms with Gasteiger partial charge in [0.2, 0.25) is 0 Å². The van der Waals surface area contributed by atoms with E-state index in [1.807, 2.05) is 0 Å². The van der Waals surface area contributed by atoms with E-state index in [-0.39, 0.29) is 19.4 Å². The topological polar surface area (TPSA) is 237 Å². The second-order valence-corrected chi connectivity index (χ2v) is 9.02. The summed E-state index contributed by atoms with van der Waals surface area (Å²) >= 11 is 0. The number of carbonyl (C=O) groups is 3. The Morgan fingerprint density at radius 3 is 1.23 bits per heavy atom. The van der Waals surface area contributed by atoms with Gasteiger partial charge in [-0.15, -0.1) is 0 Å². The molecule has 1 amide bonds. The van der Waals surface area contributed by atoms with E-state index in [9.17, 15) is 60.3 Å². The normalized spacial score (nSPS) is 14.6. The van der Waals surface area contributed by atoms with Crippen molar-refractivity contribution in [3.63, 3.8) is 0 Å². The van der Waals surface area contributed by atoms with Gasteiger partial charge in [-0.25, -0.2) is 0 Å². The highest BCUT2D eigenvalue weighted by molar-refractivity contribution is 6.26. The highest BCUT2D eigenvalue weighted by Crippen LogP contribution is 2.43. The molecule has 3 aromatic rings. The van der Waals surface area contributed by atoms with Crippen LogP contribution in [0, 0.1) is 0 Å². The zero-order valence-corrected chi connectivity index (χ0v) is 20.0. The maximum absolute atomic E-state index is 14.1. The van der Waals surface area contributed by atoms with Gasteiger partial charge in [-0.2, -0.15) is 0 Å². The summed E-state index contributed by atoms with van der Waals surface area (Å²) in [5, 5.41) is 89.1. The van der Waals surface area contributed by atoms with Crippen molar-refractivity contribution in [3.8, 4) is 51.7 Å². The van der Waals surface area contributed by atoms with Crippen molar-refractivity contribution in [2.75, 3.05) is 6.54 Å². The lowest BCUT2D eigenvalue weighted by Gasteiger charge is -2.45. The fraction of sp³-hybridized carbons (Fsp3) is 0.192. The number of carbonyl (C=O) groups excluding carboxylic acids is 3. The van der Waals surface area contributed by atoms with Crippen LogP contribution >= 0.6 is 0 Å². The first-order valence-electron chi connectivity index (χ1n) is 11.5. The molecule has 1 saturated heterocycles. The summed E-state index contributed by atoms with van der Waals surface area (Å²) in [4.78, 5) is 42.7. The number of ketones is 2. The minimum Gasteiger partial charge on any atom is -0.504 e. The Hall–Kier alpha value is -5.33.